The molecule has 0 aliphatic heterocycles. The fourth-order valence-corrected chi connectivity index (χ4v) is 9.12. The Morgan fingerprint density at radius 3 is 1.54 bits per heavy atom. The zero-order valence-electron chi connectivity index (χ0n) is 37.1. The minimum Gasteiger partial charge on any atom is -0.475 e. The highest BCUT2D eigenvalue weighted by atomic mass is 35.5. The summed E-state index contributed by atoms with van der Waals surface area (Å²) in [5.74, 6) is -6.61. The van der Waals surface area contributed by atoms with Gasteiger partial charge in [0.25, 0.3) is 29.5 Å². The smallest absolute Gasteiger partial charge is 0.475 e. The Bertz CT molecular complexity index is 3090. The average molecular weight is 1100 g/mol. The van der Waals surface area contributed by atoms with Gasteiger partial charge in [0.2, 0.25) is 0 Å². The van der Waals surface area contributed by atoms with E-state index in [1.807, 2.05) is 36.4 Å². The molecule has 2 aromatic carbocycles. The van der Waals surface area contributed by atoms with Gasteiger partial charge in [0.1, 0.15) is 21.8 Å². The lowest BCUT2D eigenvalue weighted by atomic mass is 10.1. The third kappa shape index (κ3) is 14.8. The molecule has 29 heteroatoms. The van der Waals surface area contributed by atoms with Gasteiger partial charge >= 0.3 is 24.1 Å². The van der Waals surface area contributed by atoms with Gasteiger partial charge in [-0.15, -0.1) is 34.0 Å². The Hall–Kier alpha value is -7.43. The largest absolute Gasteiger partial charge is 0.490 e. The molecule has 0 aliphatic rings. The van der Waals surface area contributed by atoms with E-state index in [1.165, 1.54) is 37.7 Å². The summed E-state index contributed by atoms with van der Waals surface area (Å²) in [5.41, 5.74) is 8.97. The summed E-state index contributed by atoms with van der Waals surface area (Å²) < 4.78 is 41.1. The second kappa shape index (κ2) is 25.6. The molecule has 0 aliphatic carbocycles. The molecule has 0 saturated heterocycles. The number of esters is 2. The van der Waals surface area contributed by atoms with Crippen molar-refractivity contribution >= 4 is 126 Å². The van der Waals surface area contributed by atoms with Crippen molar-refractivity contribution in [3.05, 3.63) is 124 Å². The second-order valence-electron chi connectivity index (χ2n) is 14.3. The van der Waals surface area contributed by atoms with E-state index in [2.05, 4.69) is 51.7 Å². The van der Waals surface area contributed by atoms with Crippen LogP contribution in [0.4, 0.5) is 13.2 Å². The molecule has 10 N–H and O–H groups in total. The molecule has 2 atom stereocenters. The van der Waals surface area contributed by atoms with Crippen LogP contribution in [-0.4, -0.2) is 119 Å². The number of methoxy groups -OCH3 is 2. The van der Waals surface area contributed by atoms with Gasteiger partial charge in [-0.25, -0.2) is 14.4 Å². The number of carbonyl (C=O) groups excluding carboxylic acids is 7. The monoisotopic (exact) mass is 1090 g/mol. The zero-order valence-corrected chi connectivity index (χ0v) is 41.1. The number of carboxylic acids is 1. The number of H-pyrrole nitrogens is 2. The van der Waals surface area contributed by atoms with Crippen molar-refractivity contribution in [1.82, 2.24) is 47.0 Å². The predicted molar refractivity (Wildman–Crippen MR) is 259 cm³/mol. The van der Waals surface area contributed by atoms with E-state index in [-0.39, 0.29) is 67.5 Å². The van der Waals surface area contributed by atoms with E-state index >= 15 is 0 Å². The van der Waals surface area contributed by atoms with Crippen LogP contribution >= 0.6 is 57.2 Å². The summed E-state index contributed by atoms with van der Waals surface area (Å²) in [6.45, 7) is 0.213. The number of amides is 5. The van der Waals surface area contributed by atoms with Crippen molar-refractivity contribution < 1.29 is 66.1 Å². The summed E-state index contributed by atoms with van der Waals surface area (Å²) in [7, 11) is 2.37. The maximum absolute atomic E-state index is 12.9. The number of nitrogens with two attached hydrogens (primary N) is 1. The Kier molecular flexibility index (Phi) is 19.7. The number of rotatable bonds is 16. The zero-order chi connectivity index (χ0) is 52.7. The number of aliphatic carboxylic acids is 1. The number of halogens is 5. The predicted octanol–water partition coefficient (Wildman–Crippen LogP) is 5.04. The first-order valence-corrected chi connectivity index (χ1v) is 23.6. The van der Waals surface area contributed by atoms with Crippen LogP contribution in [0.15, 0.2) is 78.4 Å². The number of nitrogens with one attached hydrogen (secondary N) is 7. The molecule has 7 rings (SSSR count). The van der Waals surface area contributed by atoms with Crippen LogP contribution in [0, 0.1) is 0 Å². The standard InChI is InChI=1S/C23H20ClN5O5S2.C18H18ClN5O4S.C2HF3O2/c1-34-23(33)16(11-26-20(30)17-6-3-7-35-17)28-22(32)19-14(24)8-18(36-19)21(31)25-9-12-4-2-5-15-13(12)10-27-29-15;1-28-18(27)13(6-20)23-17(26)15-11(19)5-14(29-15)16(25)21-7-9-3-2-4-12-10(9)8-22-24-12;3-2(4,5)1(6)7/h2-8,10,16H,9,11H2,1H3,(H,25,31)(H,26,30)(H,27,29)(H,28,32);2-5,8,13H,6-7,20H2,1H3,(H,21,25)(H,22,24)(H,23,26);(H,6,7)/t16-;13-;/m00./s1. The van der Waals surface area contributed by atoms with Gasteiger partial charge in [-0.1, -0.05) is 53.5 Å². The first-order chi connectivity index (χ1) is 34.2. The first-order valence-electron chi connectivity index (χ1n) is 20.3. The first kappa shape index (κ1) is 55.5. The summed E-state index contributed by atoms with van der Waals surface area (Å²) in [4.78, 5) is 96.4. The number of aromatic amines is 2. The molecule has 5 aromatic heterocycles. The van der Waals surface area contributed by atoms with Gasteiger partial charge in [0, 0.05) is 37.0 Å². The van der Waals surface area contributed by atoms with Crippen LogP contribution in [0.5, 0.6) is 0 Å². The molecule has 380 valence electrons. The number of carboxylic acid groups (broad SMARTS) is 1. The average Bonchev–Trinajstić information content (AvgIpc) is 4.23. The molecular weight excluding hydrogens is 1060 g/mol. The number of ether oxygens (including phenoxy) is 2. The highest BCUT2D eigenvalue weighted by molar-refractivity contribution is 7.17. The van der Waals surface area contributed by atoms with E-state index in [9.17, 15) is 46.7 Å². The van der Waals surface area contributed by atoms with Crippen molar-refractivity contribution in [2.75, 3.05) is 27.3 Å². The number of benzene rings is 2. The van der Waals surface area contributed by atoms with E-state index < -0.39 is 53.9 Å². The van der Waals surface area contributed by atoms with Crippen molar-refractivity contribution in [2.45, 2.75) is 31.3 Å². The summed E-state index contributed by atoms with van der Waals surface area (Å²) in [6.07, 6.45) is -1.71. The molecule has 0 bridgehead atoms. The SMILES string of the molecule is COC(=O)[C@H](CN)NC(=O)c1sc(C(=O)NCc2cccc3[nH]ncc23)cc1Cl.COC(=O)[C@H](CNC(=O)c1cccs1)NC(=O)c1sc(C(=O)NCc2cccc3[nH]ncc23)cc1Cl.O=C(O)C(F)(F)F. The number of hydrogen-bond donors (Lipinski definition) is 9. The summed E-state index contributed by atoms with van der Waals surface area (Å²) in [5, 5.41) is 37.7. The van der Waals surface area contributed by atoms with Gasteiger partial charge in [-0.05, 0) is 46.8 Å². The highest BCUT2D eigenvalue weighted by Crippen LogP contribution is 2.29. The number of nitrogens with zero attached hydrogens (tertiary/aromatic N) is 2. The summed E-state index contributed by atoms with van der Waals surface area (Å²) >= 11 is 15.4. The lowest BCUT2D eigenvalue weighted by Crippen LogP contribution is -2.48. The lowest BCUT2D eigenvalue weighted by Gasteiger charge is -2.16. The number of thiophene rings is 3. The Balaban J connectivity index is 0.000000240. The number of carbonyl (C=O) groups is 8. The molecule has 0 saturated carbocycles. The molecule has 21 nitrogen and oxygen atoms in total. The fourth-order valence-electron chi connectivity index (χ4n) is 5.99. The topological polar surface area (TPSA) is 319 Å². The third-order valence-electron chi connectivity index (χ3n) is 9.53. The minimum atomic E-state index is -5.08. The Morgan fingerprint density at radius 2 is 1.12 bits per heavy atom. The second-order valence-corrected chi connectivity index (χ2v) is 18.1. The fraction of sp³-hybridized carbons (Fsp3) is 0.209. The van der Waals surface area contributed by atoms with Gasteiger partial charge in [0.05, 0.1) is 62.3 Å². The molecule has 0 spiro atoms. The molecule has 72 heavy (non-hydrogen) atoms. The van der Waals surface area contributed by atoms with Crippen LogP contribution in [0.1, 0.15) is 59.5 Å². The van der Waals surface area contributed by atoms with Gasteiger partial charge < -0.3 is 46.9 Å². The quantitative estimate of drug-likeness (QED) is 0.0573. The maximum atomic E-state index is 12.9. The van der Waals surface area contributed by atoms with E-state index in [4.69, 9.17) is 43.6 Å². The highest BCUT2D eigenvalue weighted by Gasteiger charge is 2.38. The van der Waals surface area contributed by atoms with Crippen LogP contribution in [0.2, 0.25) is 10.0 Å². The van der Waals surface area contributed by atoms with Crippen LogP contribution in [0.25, 0.3) is 21.8 Å². The van der Waals surface area contributed by atoms with Crippen molar-refractivity contribution in [2.24, 2.45) is 5.73 Å². The Morgan fingerprint density at radius 1 is 0.681 bits per heavy atom. The number of fused-ring (bicyclic) bond motifs is 2. The van der Waals surface area contributed by atoms with Crippen LogP contribution in [-0.2, 0) is 36.9 Å². The van der Waals surface area contributed by atoms with Gasteiger partial charge in [-0.3, -0.25) is 34.2 Å². The van der Waals surface area contributed by atoms with Crippen molar-refractivity contribution in [3.8, 4) is 0 Å². The maximum Gasteiger partial charge on any atom is 0.490 e. The third-order valence-corrected chi connectivity index (χ3v) is 13.5. The van der Waals surface area contributed by atoms with E-state index in [0.717, 1.165) is 55.6 Å². The molecule has 0 unspecified atom stereocenters. The van der Waals surface area contributed by atoms with Crippen molar-refractivity contribution in [3.63, 3.8) is 0 Å². The minimum absolute atomic E-state index is 0.0530. The van der Waals surface area contributed by atoms with Crippen LogP contribution < -0.4 is 32.3 Å². The number of alkyl halides is 3. The molecule has 7 aromatic rings. The molecule has 0 fully saturated rings. The van der Waals surface area contributed by atoms with Crippen LogP contribution in [0.3, 0.4) is 0 Å². The molecule has 5 heterocycles. The van der Waals surface area contributed by atoms with Crippen molar-refractivity contribution in [1.29, 1.82) is 0 Å². The number of aromatic nitrogens is 4. The van der Waals surface area contributed by atoms with E-state index in [0.29, 0.717) is 4.88 Å². The Labute approximate surface area is 425 Å². The molecule has 0 radical (unpaired) electrons. The van der Waals surface area contributed by atoms with Gasteiger partial charge in [0.15, 0.2) is 0 Å². The van der Waals surface area contributed by atoms with E-state index in [1.54, 1.807) is 29.9 Å². The molecule has 5 amide bonds. The molecular formula is C43H39Cl2F3N10O11S3. The number of hydrogen-bond acceptors (Lipinski definition) is 16. The van der Waals surface area contributed by atoms with Gasteiger partial charge in [-0.2, -0.15) is 23.4 Å². The summed E-state index contributed by atoms with van der Waals surface area (Å²) in [6, 6.07) is 15.3. The normalized spacial score (nSPS) is 11.7. The lowest BCUT2D eigenvalue weighted by molar-refractivity contribution is -0.192.